The Hall–Kier alpha value is -1.11. The number of benzene rings is 1. The lowest BCUT2D eigenvalue weighted by atomic mass is 10.1. The summed E-state index contributed by atoms with van der Waals surface area (Å²) in [4.78, 5) is 24.0. The minimum Gasteiger partial charge on any atom is -0.354 e. The lowest BCUT2D eigenvalue weighted by molar-refractivity contribution is -0.122. The van der Waals surface area contributed by atoms with Gasteiger partial charge in [-0.05, 0) is 54.0 Å². The Morgan fingerprint density at radius 1 is 1.25 bits per heavy atom. The number of aryl methyl sites for hydroxylation is 1. The van der Waals surface area contributed by atoms with Gasteiger partial charge in [-0.2, -0.15) is 0 Å². The molecule has 110 valence electrons. The molecule has 0 aromatic heterocycles. The Bertz CT molecular complexity index is 501. The lowest BCUT2D eigenvalue weighted by Crippen LogP contribution is -2.45. The average molecular weight is 388 g/mol. The van der Waals surface area contributed by atoms with Crippen LogP contribution in [0.1, 0.15) is 36.7 Å². The van der Waals surface area contributed by atoms with Gasteiger partial charge in [0.2, 0.25) is 5.91 Å². The first-order chi connectivity index (χ1) is 9.32. The molecule has 1 atom stereocenters. The summed E-state index contributed by atoms with van der Waals surface area (Å²) < 4.78 is 0.914. The molecule has 0 fully saturated rings. The number of hydrogen-bond acceptors (Lipinski definition) is 2. The zero-order valence-corrected chi connectivity index (χ0v) is 14.4. The van der Waals surface area contributed by atoms with E-state index in [9.17, 15) is 9.59 Å². The van der Waals surface area contributed by atoms with Crippen molar-refractivity contribution in [1.29, 1.82) is 0 Å². The molecule has 1 unspecified atom stereocenters. The molecule has 2 N–H and O–H groups in total. The van der Waals surface area contributed by atoms with Gasteiger partial charge in [0.05, 0.1) is 5.56 Å². The van der Waals surface area contributed by atoms with E-state index in [1.807, 2.05) is 32.9 Å². The van der Waals surface area contributed by atoms with E-state index in [1.54, 1.807) is 13.0 Å². The van der Waals surface area contributed by atoms with Crippen LogP contribution in [0.15, 0.2) is 18.2 Å². The van der Waals surface area contributed by atoms with Gasteiger partial charge in [-0.15, -0.1) is 0 Å². The number of carbonyl (C=O) groups excluding carboxylic acids is 2. The minimum atomic E-state index is -0.544. The summed E-state index contributed by atoms with van der Waals surface area (Å²) in [6, 6.07) is 5.02. The number of nitrogens with one attached hydrogen (secondary N) is 2. The van der Waals surface area contributed by atoms with Crippen LogP contribution < -0.4 is 10.6 Å². The van der Waals surface area contributed by atoms with Gasteiger partial charge < -0.3 is 10.6 Å². The molecule has 2 amide bonds. The van der Waals surface area contributed by atoms with Gasteiger partial charge in [0, 0.05) is 10.1 Å². The fourth-order valence-electron chi connectivity index (χ4n) is 1.62. The molecule has 0 aliphatic heterocycles. The summed E-state index contributed by atoms with van der Waals surface area (Å²) in [5.74, 6) is 0.0135. The monoisotopic (exact) mass is 388 g/mol. The third-order valence-electron chi connectivity index (χ3n) is 2.86. The second-order valence-corrected chi connectivity index (χ2v) is 6.35. The van der Waals surface area contributed by atoms with Crippen molar-refractivity contribution in [1.82, 2.24) is 10.6 Å². The molecule has 0 radical (unpaired) electrons. The van der Waals surface area contributed by atoms with E-state index in [4.69, 9.17) is 0 Å². The van der Waals surface area contributed by atoms with Crippen molar-refractivity contribution in [3.63, 3.8) is 0 Å². The van der Waals surface area contributed by atoms with Crippen molar-refractivity contribution < 1.29 is 9.59 Å². The van der Waals surface area contributed by atoms with Crippen LogP contribution in [-0.4, -0.2) is 24.4 Å². The quantitative estimate of drug-likeness (QED) is 0.762. The highest BCUT2D eigenvalue weighted by molar-refractivity contribution is 14.1. The zero-order valence-electron chi connectivity index (χ0n) is 12.3. The van der Waals surface area contributed by atoms with Crippen molar-refractivity contribution in [2.75, 3.05) is 6.54 Å². The number of hydrogen-bond donors (Lipinski definition) is 2. The van der Waals surface area contributed by atoms with Crippen LogP contribution in [0.5, 0.6) is 0 Å². The summed E-state index contributed by atoms with van der Waals surface area (Å²) in [7, 11) is 0. The summed E-state index contributed by atoms with van der Waals surface area (Å²) in [6.45, 7) is 8.31. The topological polar surface area (TPSA) is 58.2 Å². The maximum absolute atomic E-state index is 12.2. The molecule has 0 heterocycles. The highest BCUT2D eigenvalue weighted by atomic mass is 127. The Kier molecular flexibility index (Phi) is 6.45. The first-order valence-corrected chi connectivity index (χ1v) is 7.74. The predicted octanol–water partition coefficient (Wildman–Crippen LogP) is 2.49. The molecular weight excluding hydrogens is 367 g/mol. The van der Waals surface area contributed by atoms with E-state index in [2.05, 4.69) is 33.2 Å². The second-order valence-electron chi connectivity index (χ2n) is 5.27. The van der Waals surface area contributed by atoms with E-state index < -0.39 is 6.04 Å². The van der Waals surface area contributed by atoms with E-state index in [0.717, 1.165) is 9.13 Å². The molecule has 4 nitrogen and oxygen atoms in total. The summed E-state index contributed by atoms with van der Waals surface area (Å²) >= 11 is 2.15. The molecule has 1 aromatic carbocycles. The van der Waals surface area contributed by atoms with E-state index in [0.29, 0.717) is 18.0 Å². The zero-order chi connectivity index (χ0) is 15.3. The summed E-state index contributed by atoms with van der Waals surface area (Å²) in [5, 5.41) is 5.54. The average Bonchev–Trinajstić information content (AvgIpc) is 2.38. The SMILES string of the molecule is Cc1cccc(C(=O)NC(C)C(=O)NCC(C)C)c1I. The Morgan fingerprint density at radius 2 is 1.90 bits per heavy atom. The normalized spacial score (nSPS) is 12.1. The van der Waals surface area contributed by atoms with Crippen LogP contribution in [0.3, 0.4) is 0 Å². The molecule has 0 spiro atoms. The molecule has 0 saturated heterocycles. The van der Waals surface area contributed by atoms with Gasteiger partial charge in [-0.1, -0.05) is 26.0 Å². The second kappa shape index (κ2) is 7.61. The van der Waals surface area contributed by atoms with Crippen molar-refractivity contribution in [3.8, 4) is 0 Å². The van der Waals surface area contributed by atoms with Crippen LogP contribution >= 0.6 is 22.6 Å². The van der Waals surface area contributed by atoms with Crippen molar-refractivity contribution in [2.45, 2.75) is 33.7 Å². The van der Waals surface area contributed by atoms with Crippen molar-refractivity contribution in [2.24, 2.45) is 5.92 Å². The smallest absolute Gasteiger partial charge is 0.253 e. The van der Waals surface area contributed by atoms with Gasteiger partial charge in [0.1, 0.15) is 6.04 Å². The van der Waals surface area contributed by atoms with Crippen LogP contribution in [-0.2, 0) is 4.79 Å². The standard InChI is InChI=1S/C15H21IN2O2/c1-9(2)8-17-14(19)11(4)18-15(20)12-7-5-6-10(3)13(12)16/h5-7,9,11H,8H2,1-4H3,(H,17,19)(H,18,20). The Labute approximate surface area is 133 Å². The molecule has 0 bridgehead atoms. The molecule has 1 aromatic rings. The first-order valence-electron chi connectivity index (χ1n) is 6.66. The van der Waals surface area contributed by atoms with Crippen molar-refractivity contribution >= 4 is 34.4 Å². The van der Waals surface area contributed by atoms with Crippen LogP contribution in [0.25, 0.3) is 0 Å². The molecule has 0 aliphatic rings. The summed E-state index contributed by atoms with van der Waals surface area (Å²) in [5.41, 5.74) is 1.66. The van der Waals surface area contributed by atoms with Crippen molar-refractivity contribution in [3.05, 3.63) is 32.9 Å². The largest absolute Gasteiger partial charge is 0.354 e. The van der Waals surface area contributed by atoms with Crippen LogP contribution in [0.2, 0.25) is 0 Å². The van der Waals surface area contributed by atoms with Gasteiger partial charge in [-0.25, -0.2) is 0 Å². The number of amides is 2. The molecular formula is C15H21IN2O2. The third-order valence-corrected chi connectivity index (χ3v) is 4.29. The highest BCUT2D eigenvalue weighted by Crippen LogP contribution is 2.16. The van der Waals surface area contributed by atoms with Crippen LogP contribution in [0, 0.1) is 16.4 Å². The maximum Gasteiger partial charge on any atom is 0.253 e. The molecule has 20 heavy (non-hydrogen) atoms. The van der Waals surface area contributed by atoms with E-state index in [-0.39, 0.29) is 11.8 Å². The third kappa shape index (κ3) is 4.77. The Balaban J connectivity index is 2.66. The Morgan fingerprint density at radius 3 is 2.50 bits per heavy atom. The molecule has 0 aliphatic carbocycles. The predicted molar refractivity (Wildman–Crippen MR) is 88.7 cm³/mol. The highest BCUT2D eigenvalue weighted by Gasteiger charge is 2.18. The number of rotatable bonds is 5. The number of carbonyl (C=O) groups is 2. The fraction of sp³-hybridized carbons (Fsp3) is 0.467. The minimum absolute atomic E-state index is 0.158. The fourth-order valence-corrected chi connectivity index (χ4v) is 2.23. The molecule has 1 rings (SSSR count). The maximum atomic E-state index is 12.2. The number of halogens is 1. The van der Waals surface area contributed by atoms with E-state index in [1.165, 1.54) is 0 Å². The lowest BCUT2D eigenvalue weighted by Gasteiger charge is -2.16. The first kappa shape index (κ1) is 16.9. The van der Waals surface area contributed by atoms with Gasteiger partial charge >= 0.3 is 0 Å². The van der Waals surface area contributed by atoms with Crippen LogP contribution in [0.4, 0.5) is 0 Å². The van der Waals surface area contributed by atoms with Gasteiger partial charge in [-0.3, -0.25) is 9.59 Å². The van der Waals surface area contributed by atoms with E-state index >= 15 is 0 Å². The molecule has 5 heteroatoms. The van der Waals surface area contributed by atoms with Gasteiger partial charge in [0.15, 0.2) is 0 Å². The summed E-state index contributed by atoms with van der Waals surface area (Å²) in [6.07, 6.45) is 0. The molecule has 0 saturated carbocycles. The van der Waals surface area contributed by atoms with Gasteiger partial charge in [0.25, 0.3) is 5.91 Å².